The van der Waals surface area contributed by atoms with Gasteiger partial charge in [0.25, 0.3) is 0 Å². The Balaban J connectivity index is 2.04. The molecular formula is C13H15Br2N3O. The van der Waals surface area contributed by atoms with Crippen LogP contribution in [-0.4, -0.2) is 30.0 Å². The molecule has 1 aromatic carbocycles. The SMILES string of the molecule is COCCNCc1ccn(-c2ccc(Br)cc2Br)n1. The van der Waals surface area contributed by atoms with Gasteiger partial charge >= 0.3 is 0 Å². The van der Waals surface area contributed by atoms with E-state index >= 15 is 0 Å². The number of nitrogens with zero attached hydrogens (tertiary/aromatic N) is 2. The van der Waals surface area contributed by atoms with Gasteiger partial charge in [0, 0.05) is 35.3 Å². The Labute approximate surface area is 129 Å². The normalized spacial score (nSPS) is 10.9. The van der Waals surface area contributed by atoms with E-state index in [1.165, 1.54) is 0 Å². The number of methoxy groups -OCH3 is 1. The summed E-state index contributed by atoms with van der Waals surface area (Å²) in [7, 11) is 1.70. The molecule has 0 saturated carbocycles. The second-order valence-corrected chi connectivity index (χ2v) is 5.79. The van der Waals surface area contributed by atoms with Gasteiger partial charge in [0.05, 0.1) is 18.0 Å². The summed E-state index contributed by atoms with van der Waals surface area (Å²) < 4.78 is 8.89. The first kappa shape index (κ1) is 14.7. The molecule has 0 bridgehead atoms. The van der Waals surface area contributed by atoms with Crippen LogP contribution in [0.3, 0.4) is 0 Å². The lowest BCUT2D eigenvalue weighted by molar-refractivity contribution is 0.199. The maximum absolute atomic E-state index is 4.98. The zero-order valence-corrected chi connectivity index (χ0v) is 13.7. The van der Waals surface area contributed by atoms with Crippen molar-refractivity contribution in [3.8, 4) is 5.69 Å². The molecule has 102 valence electrons. The molecule has 1 N–H and O–H groups in total. The zero-order valence-electron chi connectivity index (χ0n) is 10.6. The highest BCUT2D eigenvalue weighted by Gasteiger charge is 2.05. The Morgan fingerprint density at radius 3 is 2.89 bits per heavy atom. The van der Waals surface area contributed by atoms with E-state index in [9.17, 15) is 0 Å². The lowest BCUT2D eigenvalue weighted by atomic mass is 10.3. The molecule has 0 unspecified atom stereocenters. The highest BCUT2D eigenvalue weighted by molar-refractivity contribution is 9.11. The number of halogens is 2. The van der Waals surface area contributed by atoms with Gasteiger partial charge in [-0.15, -0.1) is 0 Å². The summed E-state index contributed by atoms with van der Waals surface area (Å²) in [4.78, 5) is 0. The zero-order chi connectivity index (χ0) is 13.7. The number of aromatic nitrogens is 2. The standard InChI is InChI=1S/C13H15Br2N3O/c1-19-7-5-16-9-11-4-6-18(17-11)13-3-2-10(14)8-12(13)15/h2-4,6,8,16H,5,7,9H2,1H3. The van der Waals surface area contributed by atoms with Crippen LogP contribution < -0.4 is 5.32 Å². The predicted octanol–water partition coefficient (Wildman–Crippen LogP) is 3.13. The molecule has 0 radical (unpaired) electrons. The molecule has 1 aromatic heterocycles. The third-order valence-electron chi connectivity index (χ3n) is 2.59. The van der Waals surface area contributed by atoms with Crippen molar-refractivity contribution >= 4 is 31.9 Å². The fraction of sp³-hybridized carbons (Fsp3) is 0.308. The predicted molar refractivity (Wildman–Crippen MR) is 82.5 cm³/mol. The maximum Gasteiger partial charge on any atom is 0.0788 e. The van der Waals surface area contributed by atoms with Crippen molar-refractivity contribution in [2.45, 2.75) is 6.54 Å². The smallest absolute Gasteiger partial charge is 0.0788 e. The van der Waals surface area contributed by atoms with Crippen LogP contribution in [0.4, 0.5) is 0 Å². The van der Waals surface area contributed by atoms with Crippen molar-refractivity contribution in [1.29, 1.82) is 0 Å². The fourth-order valence-corrected chi connectivity index (χ4v) is 2.88. The first-order valence-corrected chi connectivity index (χ1v) is 7.49. The molecule has 0 aliphatic carbocycles. The van der Waals surface area contributed by atoms with Crippen molar-refractivity contribution in [2.75, 3.05) is 20.3 Å². The lowest BCUT2D eigenvalue weighted by Gasteiger charge is -2.05. The van der Waals surface area contributed by atoms with Crippen LogP contribution in [0.25, 0.3) is 5.69 Å². The minimum absolute atomic E-state index is 0.707. The van der Waals surface area contributed by atoms with Gasteiger partial charge in [0.1, 0.15) is 0 Å². The molecule has 0 saturated heterocycles. The molecule has 0 aliphatic rings. The average Bonchev–Trinajstić information content (AvgIpc) is 2.83. The van der Waals surface area contributed by atoms with Gasteiger partial charge < -0.3 is 10.1 Å². The van der Waals surface area contributed by atoms with Crippen LogP contribution in [0.1, 0.15) is 5.69 Å². The van der Waals surface area contributed by atoms with Crippen LogP contribution in [0.2, 0.25) is 0 Å². The Kier molecular flexibility index (Phi) is 5.57. The van der Waals surface area contributed by atoms with E-state index in [4.69, 9.17) is 4.74 Å². The van der Waals surface area contributed by atoms with Gasteiger partial charge in [-0.05, 0) is 40.2 Å². The summed E-state index contributed by atoms with van der Waals surface area (Å²) in [6.45, 7) is 2.27. The van der Waals surface area contributed by atoms with Crippen LogP contribution >= 0.6 is 31.9 Å². The lowest BCUT2D eigenvalue weighted by Crippen LogP contribution is -2.18. The molecule has 2 aromatic rings. The van der Waals surface area contributed by atoms with E-state index in [1.54, 1.807) is 7.11 Å². The molecule has 0 spiro atoms. The number of benzene rings is 1. The van der Waals surface area contributed by atoms with Crippen molar-refractivity contribution in [3.05, 3.63) is 45.1 Å². The van der Waals surface area contributed by atoms with Gasteiger partial charge in [-0.25, -0.2) is 4.68 Å². The number of hydrogen-bond donors (Lipinski definition) is 1. The van der Waals surface area contributed by atoms with Crippen molar-refractivity contribution < 1.29 is 4.74 Å². The van der Waals surface area contributed by atoms with Crippen LogP contribution in [0.5, 0.6) is 0 Å². The molecule has 0 amide bonds. The van der Waals surface area contributed by atoms with E-state index in [0.29, 0.717) is 6.61 Å². The van der Waals surface area contributed by atoms with Gasteiger partial charge in [-0.3, -0.25) is 0 Å². The van der Waals surface area contributed by atoms with E-state index < -0.39 is 0 Å². The molecule has 2 rings (SSSR count). The van der Waals surface area contributed by atoms with Gasteiger partial charge in [0.2, 0.25) is 0 Å². The number of hydrogen-bond acceptors (Lipinski definition) is 3. The first-order valence-electron chi connectivity index (χ1n) is 5.90. The maximum atomic E-state index is 4.98. The summed E-state index contributed by atoms with van der Waals surface area (Å²) in [5.74, 6) is 0. The van der Waals surface area contributed by atoms with Gasteiger partial charge in [0.15, 0.2) is 0 Å². The Hall–Kier alpha value is -0.690. The van der Waals surface area contributed by atoms with Crippen LogP contribution in [0.15, 0.2) is 39.4 Å². The number of nitrogens with one attached hydrogen (secondary N) is 1. The van der Waals surface area contributed by atoms with Gasteiger partial charge in [-0.2, -0.15) is 5.10 Å². The topological polar surface area (TPSA) is 39.1 Å². The van der Waals surface area contributed by atoms with Crippen molar-refractivity contribution in [3.63, 3.8) is 0 Å². The minimum atomic E-state index is 0.707. The second-order valence-electron chi connectivity index (χ2n) is 4.02. The van der Waals surface area contributed by atoms with Crippen molar-refractivity contribution in [2.24, 2.45) is 0 Å². The highest BCUT2D eigenvalue weighted by Crippen LogP contribution is 2.24. The fourth-order valence-electron chi connectivity index (χ4n) is 1.65. The highest BCUT2D eigenvalue weighted by atomic mass is 79.9. The Morgan fingerprint density at radius 2 is 2.16 bits per heavy atom. The van der Waals surface area contributed by atoms with E-state index in [2.05, 4.69) is 42.3 Å². The van der Waals surface area contributed by atoms with Crippen LogP contribution in [0, 0.1) is 0 Å². The summed E-state index contributed by atoms with van der Waals surface area (Å²) in [6, 6.07) is 8.03. The number of ether oxygens (including phenoxy) is 1. The van der Waals surface area contributed by atoms with E-state index in [-0.39, 0.29) is 0 Å². The number of rotatable bonds is 6. The molecule has 6 heteroatoms. The van der Waals surface area contributed by atoms with Crippen molar-refractivity contribution in [1.82, 2.24) is 15.1 Å². The minimum Gasteiger partial charge on any atom is -0.383 e. The molecule has 0 fully saturated rings. The molecular weight excluding hydrogens is 374 g/mol. The van der Waals surface area contributed by atoms with Crippen LogP contribution in [-0.2, 0) is 11.3 Å². The molecule has 1 heterocycles. The first-order chi connectivity index (χ1) is 9.20. The summed E-state index contributed by atoms with van der Waals surface area (Å²) >= 11 is 6.98. The summed E-state index contributed by atoms with van der Waals surface area (Å²) in [5.41, 5.74) is 2.03. The van der Waals surface area contributed by atoms with E-state index in [1.807, 2.05) is 35.1 Å². The third kappa shape index (κ3) is 4.14. The third-order valence-corrected chi connectivity index (χ3v) is 3.72. The molecule has 19 heavy (non-hydrogen) atoms. The Morgan fingerprint density at radius 1 is 1.32 bits per heavy atom. The Bertz CT molecular complexity index is 542. The summed E-state index contributed by atoms with van der Waals surface area (Å²) in [6.07, 6.45) is 1.96. The molecule has 4 nitrogen and oxygen atoms in total. The average molecular weight is 389 g/mol. The quantitative estimate of drug-likeness (QED) is 0.772. The monoisotopic (exact) mass is 387 g/mol. The largest absolute Gasteiger partial charge is 0.383 e. The second kappa shape index (κ2) is 7.19. The van der Waals surface area contributed by atoms with Gasteiger partial charge in [-0.1, -0.05) is 15.9 Å². The molecule has 0 aliphatic heterocycles. The van der Waals surface area contributed by atoms with E-state index in [0.717, 1.165) is 33.4 Å². The summed E-state index contributed by atoms with van der Waals surface area (Å²) in [5, 5.41) is 7.81. The molecule has 0 atom stereocenters.